The number of nitrogens with one attached hydrogen (secondary N) is 1. The quantitative estimate of drug-likeness (QED) is 0.587. The summed E-state index contributed by atoms with van der Waals surface area (Å²) in [6.07, 6.45) is 1.89. The molecule has 2 heterocycles. The van der Waals surface area contributed by atoms with Gasteiger partial charge in [0.25, 0.3) is 5.91 Å². The zero-order valence-electron chi connectivity index (χ0n) is 18.2. The summed E-state index contributed by atoms with van der Waals surface area (Å²) in [5.74, 6) is -1.88. The smallest absolute Gasteiger partial charge is 0.286 e. The number of carbonyl (C=O) groups excluding carboxylic acids is 1. The van der Waals surface area contributed by atoms with E-state index in [4.69, 9.17) is 16.3 Å². The molecule has 6 nitrogen and oxygen atoms in total. The Morgan fingerprint density at radius 2 is 1.85 bits per heavy atom. The van der Waals surface area contributed by atoms with Crippen LogP contribution >= 0.6 is 11.6 Å². The molecule has 1 N–H and O–H groups in total. The summed E-state index contributed by atoms with van der Waals surface area (Å²) < 4.78 is 34.9. The molecule has 0 saturated carbocycles. The number of hydrogen-bond donors (Lipinski definition) is 1. The number of amides is 1. The highest BCUT2D eigenvalue weighted by molar-refractivity contribution is 6.30. The van der Waals surface area contributed by atoms with Crippen LogP contribution in [0.2, 0.25) is 5.02 Å². The van der Waals surface area contributed by atoms with Crippen molar-refractivity contribution in [2.45, 2.75) is 13.8 Å². The lowest BCUT2D eigenvalue weighted by atomic mass is 10.0. The average molecular weight is 473 g/mol. The topological polar surface area (TPSA) is 59.4 Å². The van der Waals surface area contributed by atoms with Gasteiger partial charge in [-0.3, -0.25) is 10.2 Å². The first kappa shape index (κ1) is 23.1. The van der Waals surface area contributed by atoms with Gasteiger partial charge in [-0.2, -0.15) is 5.10 Å². The van der Waals surface area contributed by atoms with Gasteiger partial charge in [0.1, 0.15) is 11.5 Å². The van der Waals surface area contributed by atoms with Gasteiger partial charge in [0.05, 0.1) is 18.9 Å². The molecule has 4 rings (SSSR count). The van der Waals surface area contributed by atoms with Crippen molar-refractivity contribution in [1.29, 1.82) is 0 Å². The molecule has 1 aromatic heterocycles. The standard InChI is InChI=1S/C24H23ClF2N4O2/c1-15(13-17-3-5-18(25)6-4-17)23-16(2)22(24(32)29-30-9-11-33-12-10-30)28-31(23)21-8-7-19(26)14-20(21)27/h3-8,13-14H,9-12H2,1-2H3,(H,29,32). The summed E-state index contributed by atoms with van der Waals surface area (Å²) in [5, 5.41) is 6.81. The van der Waals surface area contributed by atoms with Gasteiger partial charge in [-0.25, -0.2) is 18.5 Å². The molecule has 0 radical (unpaired) electrons. The average Bonchev–Trinajstić information content (AvgIpc) is 3.13. The van der Waals surface area contributed by atoms with Crippen molar-refractivity contribution in [3.63, 3.8) is 0 Å². The van der Waals surface area contributed by atoms with Crippen molar-refractivity contribution >= 4 is 29.2 Å². The fourth-order valence-electron chi connectivity index (χ4n) is 3.75. The fourth-order valence-corrected chi connectivity index (χ4v) is 3.88. The fraction of sp³-hybridized carbons (Fsp3) is 0.250. The first-order chi connectivity index (χ1) is 15.8. The second-order valence-electron chi connectivity index (χ2n) is 7.75. The van der Waals surface area contributed by atoms with Crippen molar-refractivity contribution in [2.75, 3.05) is 26.3 Å². The Labute approximate surface area is 195 Å². The molecule has 1 aliphatic rings. The summed E-state index contributed by atoms with van der Waals surface area (Å²) in [6.45, 7) is 5.75. The summed E-state index contributed by atoms with van der Waals surface area (Å²) >= 11 is 5.98. The van der Waals surface area contributed by atoms with Crippen LogP contribution in [0.15, 0.2) is 42.5 Å². The molecule has 2 aromatic carbocycles. The monoisotopic (exact) mass is 472 g/mol. The van der Waals surface area contributed by atoms with Gasteiger partial charge in [0, 0.05) is 29.7 Å². The molecule has 172 valence electrons. The highest BCUT2D eigenvalue weighted by Gasteiger charge is 2.25. The summed E-state index contributed by atoms with van der Waals surface area (Å²) in [5.41, 5.74) is 5.78. The first-order valence-corrected chi connectivity index (χ1v) is 10.8. The van der Waals surface area contributed by atoms with Crippen molar-refractivity contribution in [3.8, 4) is 5.69 Å². The minimum absolute atomic E-state index is 0.0452. The molecular weight excluding hydrogens is 450 g/mol. The van der Waals surface area contributed by atoms with E-state index in [0.717, 1.165) is 23.3 Å². The van der Waals surface area contributed by atoms with Gasteiger partial charge in [0.2, 0.25) is 0 Å². The Morgan fingerprint density at radius 3 is 2.52 bits per heavy atom. The predicted octanol–water partition coefficient (Wildman–Crippen LogP) is 4.65. The van der Waals surface area contributed by atoms with E-state index in [9.17, 15) is 13.6 Å². The highest BCUT2D eigenvalue weighted by atomic mass is 35.5. The number of benzene rings is 2. The molecule has 1 saturated heterocycles. The molecule has 33 heavy (non-hydrogen) atoms. The number of allylic oxidation sites excluding steroid dienone is 1. The van der Waals surface area contributed by atoms with E-state index in [2.05, 4.69) is 10.5 Å². The number of aromatic nitrogens is 2. The van der Waals surface area contributed by atoms with Crippen molar-refractivity contribution < 1.29 is 18.3 Å². The van der Waals surface area contributed by atoms with Crippen LogP contribution in [0.5, 0.6) is 0 Å². The Kier molecular flexibility index (Phi) is 6.88. The minimum Gasteiger partial charge on any atom is -0.379 e. The molecule has 0 unspecified atom stereocenters. The first-order valence-electron chi connectivity index (χ1n) is 10.5. The molecule has 3 aromatic rings. The van der Waals surface area contributed by atoms with Crippen LogP contribution < -0.4 is 5.43 Å². The number of rotatable bonds is 5. The van der Waals surface area contributed by atoms with Crippen molar-refractivity contribution in [2.24, 2.45) is 0 Å². The lowest BCUT2D eigenvalue weighted by molar-refractivity contribution is 0.0124. The van der Waals surface area contributed by atoms with Crippen LogP contribution in [0.4, 0.5) is 8.78 Å². The van der Waals surface area contributed by atoms with Crippen molar-refractivity contribution in [1.82, 2.24) is 20.2 Å². The second kappa shape index (κ2) is 9.82. The Hall–Kier alpha value is -3.07. The maximum Gasteiger partial charge on any atom is 0.286 e. The van der Waals surface area contributed by atoms with Crippen LogP contribution in [0, 0.1) is 18.6 Å². The third-order valence-electron chi connectivity index (χ3n) is 5.37. The number of morpholine rings is 1. The van der Waals surface area contributed by atoms with E-state index in [1.54, 1.807) is 24.1 Å². The molecule has 1 fully saturated rings. The molecule has 0 atom stereocenters. The van der Waals surface area contributed by atoms with Crippen LogP contribution in [0.3, 0.4) is 0 Å². The zero-order valence-corrected chi connectivity index (χ0v) is 19.0. The molecule has 1 aliphatic heterocycles. The third kappa shape index (κ3) is 5.13. The summed E-state index contributed by atoms with van der Waals surface area (Å²) in [6, 6.07) is 10.5. The summed E-state index contributed by atoms with van der Waals surface area (Å²) in [7, 11) is 0. The molecule has 0 spiro atoms. The van der Waals surface area contributed by atoms with Gasteiger partial charge in [-0.1, -0.05) is 23.7 Å². The molecule has 0 aliphatic carbocycles. The van der Waals surface area contributed by atoms with Gasteiger partial charge < -0.3 is 4.74 Å². The van der Waals surface area contributed by atoms with Gasteiger partial charge in [-0.05, 0) is 55.3 Å². The number of ether oxygens (including phenoxy) is 1. The van der Waals surface area contributed by atoms with E-state index < -0.39 is 17.5 Å². The SMILES string of the molecule is CC(=Cc1ccc(Cl)cc1)c1c(C)c(C(=O)NN2CCOCC2)nn1-c1ccc(F)cc1F. The van der Waals surface area contributed by atoms with Crippen LogP contribution in [-0.4, -0.2) is 47.0 Å². The minimum atomic E-state index is -0.779. The lowest BCUT2D eigenvalue weighted by Gasteiger charge is -2.26. The van der Waals surface area contributed by atoms with Gasteiger partial charge >= 0.3 is 0 Å². The zero-order chi connectivity index (χ0) is 23.5. The van der Waals surface area contributed by atoms with Crippen LogP contribution in [0.25, 0.3) is 17.3 Å². The predicted molar refractivity (Wildman–Crippen MR) is 123 cm³/mol. The van der Waals surface area contributed by atoms with E-state index in [1.165, 1.54) is 10.7 Å². The lowest BCUT2D eigenvalue weighted by Crippen LogP contribution is -2.48. The van der Waals surface area contributed by atoms with E-state index in [1.807, 2.05) is 25.1 Å². The van der Waals surface area contributed by atoms with Gasteiger partial charge in [0.15, 0.2) is 11.5 Å². The van der Waals surface area contributed by atoms with E-state index >= 15 is 0 Å². The third-order valence-corrected chi connectivity index (χ3v) is 5.62. The summed E-state index contributed by atoms with van der Waals surface area (Å²) in [4.78, 5) is 13.0. The van der Waals surface area contributed by atoms with E-state index in [-0.39, 0.29) is 11.4 Å². The highest BCUT2D eigenvalue weighted by Crippen LogP contribution is 2.28. The molecule has 0 bridgehead atoms. The second-order valence-corrected chi connectivity index (χ2v) is 8.19. The maximum absolute atomic E-state index is 14.7. The molecule has 1 amide bonds. The van der Waals surface area contributed by atoms with Crippen molar-refractivity contribution in [3.05, 3.63) is 81.6 Å². The number of carbonyl (C=O) groups is 1. The van der Waals surface area contributed by atoms with Crippen LogP contribution in [-0.2, 0) is 4.74 Å². The Bertz CT molecular complexity index is 1200. The Morgan fingerprint density at radius 1 is 1.15 bits per heavy atom. The maximum atomic E-state index is 14.7. The number of hydrazine groups is 1. The van der Waals surface area contributed by atoms with Gasteiger partial charge in [-0.15, -0.1) is 0 Å². The number of nitrogens with zero attached hydrogens (tertiary/aromatic N) is 3. The van der Waals surface area contributed by atoms with Crippen LogP contribution in [0.1, 0.15) is 34.2 Å². The number of hydrogen-bond acceptors (Lipinski definition) is 4. The number of halogens is 3. The normalized spacial score (nSPS) is 15.0. The molecular formula is C24H23ClF2N4O2. The Balaban J connectivity index is 1.78. The largest absolute Gasteiger partial charge is 0.379 e. The van der Waals surface area contributed by atoms with E-state index in [0.29, 0.717) is 42.6 Å². The molecule has 9 heteroatoms.